The van der Waals surface area contributed by atoms with Crippen LogP contribution in [0.4, 0.5) is 17.1 Å². The third-order valence-corrected chi connectivity index (χ3v) is 13.5. The zero-order valence-corrected chi connectivity index (χ0v) is 31.6. The van der Waals surface area contributed by atoms with Gasteiger partial charge in [-0.05, 0) is 86.6 Å². The summed E-state index contributed by atoms with van der Waals surface area (Å²) in [7, 11) is 0. The normalized spacial score (nSPS) is 12.2. The molecule has 264 valence electrons. The molecule has 3 heterocycles. The number of anilines is 3. The Labute approximate surface area is 332 Å². The average molecular weight is 741 g/mol. The molecule has 0 N–H and O–H groups in total. The van der Waals surface area contributed by atoms with E-state index in [2.05, 4.69) is 203 Å². The van der Waals surface area contributed by atoms with Crippen LogP contribution in [0.5, 0.6) is 0 Å². The Morgan fingerprint density at radius 1 is 0.386 bits per heavy atom. The van der Waals surface area contributed by atoms with Crippen molar-refractivity contribution in [3.8, 4) is 11.1 Å². The minimum atomic E-state index is 1.13. The maximum absolute atomic E-state index is 2.55. The van der Waals surface area contributed by atoms with Gasteiger partial charge in [0.15, 0.2) is 0 Å². The van der Waals surface area contributed by atoms with Crippen LogP contribution in [0.3, 0.4) is 0 Å². The summed E-state index contributed by atoms with van der Waals surface area (Å²) in [5.41, 5.74) is 9.68. The lowest BCUT2D eigenvalue weighted by Crippen LogP contribution is -2.11. The van der Waals surface area contributed by atoms with Crippen LogP contribution in [-0.2, 0) is 0 Å². The van der Waals surface area contributed by atoms with E-state index in [-0.39, 0.29) is 0 Å². The second-order valence-electron chi connectivity index (χ2n) is 15.3. The number of hydrogen-bond donors (Lipinski definition) is 0. The first-order valence-corrected chi connectivity index (χ1v) is 20.4. The number of thiophene rings is 1. The van der Waals surface area contributed by atoms with Crippen LogP contribution < -0.4 is 4.90 Å². The van der Waals surface area contributed by atoms with Crippen LogP contribution >= 0.6 is 11.3 Å². The summed E-state index contributed by atoms with van der Waals surface area (Å²) >= 11 is 1.89. The van der Waals surface area contributed by atoms with Crippen LogP contribution in [-0.4, -0.2) is 4.40 Å². The molecule has 0 spiro atoms. The third-order valence-electron chi connectivity index (χ3n) is 12.3. The molecule has 0 saturated heterocycles. The molecule has 3 aromatic heterocycles. The van der Waals surface area contributed by atoms with Crippen LogP contribution in [0, 0.1) is 0 Å². The van der Waals surface area contributed by atoms with Crippen molar-refractivity contribution in [2.75, 3.05) is 4.90 Å². The Balaban J connectivity index is 1.11. The van der Waals surface area contributed by atoms with Gasteiger partial charge in [0, 0.05) is 58.5 Å². The highest BCUT2D eigenvalue weighted by Crippen LogP contribution is 2.47. The highest BCUT2D eigenvalue weighted by atomic mass is 32.1. The Kier molecular flexibility index (Phi) is 6.35. The van der Waals surface area contributed by atoms with Crippen molar-refractivity contribution < 1.29 is 0 Å². The number of pyridine rings is 1. The fraction of sp³-hybridized carbons (Fsp3) is 0. The molecule has 0 radical (unpaired) electrons. The maximum atomic E-state index is 2.55. The molecular formula is C54H32N2S. The molecule has 2 nitrogen and oxygen atoms in total. The average Bonchev–Trinajstić information content (AvgIpc) is 3.82. The van der Waals surface area contributed by atoms with Crippen LogP contribution in [0.25, 0.3) is 102 Å². The third kappa shape index (κ3) is 4.40. The SMILES string of the molecule is c1ccc2cc(N(c3ccc4ccccc4c3)c3ccc4c5c3cccc5c3cccc5c6ccc(-c7cccc8c7sc7ccccc78)cc6n4c35)ccc2c1. The summed E-state index contributed by atoms with van der Waals surface area (Å²) in [5.74, 6) is 0. The number of para-hydroxylation sites is 1. The molecular weight excluding hydrogens is 709 g/mol. The lowest BCUT2D eigenvalue weighted by Gasteiger charge is -2.28. The van der Waals surface area contributed by atoms with Crippen molar-refractivity contribution in [1.82, 2.24) is 4.40 Å². The molecule has 10 aromatic carbocycles. The minimum absolute atomic E-state index is 1.13. The van der Waals surface area contributed by atoms with Gasteiger partial charge in [-0.25, -0.2) is 0 Å². The van der Waals surface area contributed by atoms with E-state index in [1.165, 1.54) is 102 Å². The Bertz CT molecular complexity index is 3700. The molecule has 13 aromatic rings. The summed E-state index contributed by atoms with van der Waals surface area (Å²) in [5, 5.41) is 15.2. The maximum Gasteiger partial charge on any atom is 0.0619 e. The molecule has 3 heteroatoms. The quantitative estimate of drug-likeness (QED) is 0.129. The second-order valence-corrected chi connectivity index (χ2v) is 16.3. The molecule has 57 heavy (non-hydrogen) atoms. The smallest absolute Gasteiger partial charge is 0.0619 e. The zero-order valence-electron chi connectivity index (χ0n) is 30.8. The van der Waals surface area contributed by atoms with Gasteiger partial charge in [-0.1, -0.05) is 146 Å². The number of benzene rings is 10. The van der Waals surface area contributed by atoms with Crippen molar-refractivity contribution in [2.45, 2.75) is 0 Å². The molecule has 13 rings (SSSR count). The molecule has 0 bridgehead atoms. The predicted molar refractivity (Wildman–Crippen MR) is 247 cm³/mol. The van der Waals surface area contributed by atoms with Gasteiger partial charge in [-0.2, -0.15) is 0 Å². The van der Waals surface area contributed by atoms with E-state index in [1.54, 1.807) is 0 Å². The van der Waals surface area contributed by atoms with Crippen molar-refractivity contribution in [3.63, 3.8) is 0 Å². The summed E-state index contributed by atoms with van der Waals surface area (Å²) in [6.45, 7) is 0. The Morgan fingerprint density at radius 3 is 1.77 bits per heavy atom. The fourth-order valence-corrected chi connectivity index (χ4v) is 11.0. The summed E-state index contributed by atoms with van der Waals surface area (Å²) < 4.78 is 5.21. The number of hydrogen-bond acceptors (Lipinski definition) is 2. The summed E-state index contributed by atoms with van der Waals surface area (Å²) in [6, 6.07) is 72.1. The van der Waals surface area contributed by atoms with E-state index in [0.29, 0.717) is 0 Å². The molecule has 0 aliphatic heterocycles. The standard InChI is InChI=1S/C54H32N2S/c1-3-12-35-30-38(25-22-33(35)10-1)55(39-26-23-34-11-2-4-13-36(34)31-39)48-28-29-49-52-43(16-8-20-47(48)52)45-18-9-17-44-41-27-24-37(32-50(41)56(49)53(44)45)40-15-7-19-46-42-14-5-6-21-51(42)57-54(40)46/h1-32H. The molecule has 0 amide bonds. The van der Waals surface area contributed by atoms with Crippen molar-refractivity contribution in [1.29, 1.82) is 0 Å². The number of aromatic nitrogens is 1. The Hall–Kier alpha value is -7.20. The molecule has 0 aliphatic rings. The lowest BCUT2D eigenvalue weighted by molar-refractivity contribution is 1.30. The summed E-state index contributed by atoms with van der Waals surface area (Å²) in [4.78, 5) is 2.45. The molecule has 0 unspecified atom stereocenters. The second kappa shape index (κ2) is 11.7. The number of rotatable bonds is 4. The first kappa shape index (κ1) is 31.1. The van der Waals surface area contributed by atoms with Crippen molar-refractivity contribution >= 4 is 119 Å². The van der Waals surface area contributed by atoms with E-state index in [0.717, 1.165) is 17.1 Å². The van der Waals surface area contributed by atoms with Gasteiger partial charge >= 0.3 is 0 Å². The predicted octanol–water partition coefficient (Wildman–Crippen LogP) is 15.8. The van der Waals surface area contributed by atoms with E-state index in [9.17, 15) is 0 Å². The Morgan fingerprint density at radius 2 is 1.00 bits per heavy atom. The largest absolute Gasteiger partial charge is 0.310 e. The topological polar surface area (TPSA) is 7.65 Å². The molecule has 0 fully saturated rings. The highest BCUT2D eigenvalue weighted by molar-refractivity contribution is 7.26. The van der Waals surface area contributed by atoms with Crippen LogP contribution in [0.1, 0.15) is 0 Å². The van der Waals surface area contributed by atoms with E-state index in [1.807, 2.05) is 11.3 Å². The van der Waals surface area contributed by atoms with Gasteiger partial charge in [0.05, 0.1) is 22.2 Å². The van der Waals surface area contributed by atoms with Gasteiger partial charge in [-0.15, -0.1) is 11.3 Å². The van der Waals surface area contributed by atoms with Gasteiger partial charge in [-0.3, -0.25) is 0 Å². The zero-order chi connectivity index (χ0) is 37.2. The minimum Gasteiger partial charge on any atom is -0.310 e. The van der Waals surface area contributed by atoms with Gasteiger partial charge < -0.3 is 9.30 Å². The highest BCUT2D eigenvalue weighted by Gasteiger charge is 2.23. The molecule has 0 saturated carbocycles. The van der Waals surface area contributed by atoms with E-state index >= 15 is 0 Å². The first-order chi connectivity index (χ1) is 28.3. The lowest BCUT2D eigenvalue weighted by atomic mass is 9.97. The van der Waals surface area contributed by atoms with E-state index in [4.69, 9.17) is 0 Å². The van der Waals surface area contributed by atoms with Gasteiger partial charge in [0.1, 0.15) is 0 Å². The van der Waals surface area contributed by atoms with Gasteiger partial charge in [0.2, 0.25) is 0 Å². The first-order valence-electron chi connectivity index (χ1n) is 19.6. The fourth-order valence-electron chi connectivity index (χ4n) is 9.71. The summed E-state index contributed by atoms with van der Waals surface area (Å²) in [6.07, 6.45) is 0. The van der Waals surface area contributed by atoms with Crippen LogP contribution in [0.2, 0.25) is 0 Å². The monoisotopic (exact) mass is 740 g/mol. The van der Waals surface area contributed by atoms with Gasteiger partial charge in [0.25, 0.3) is 0 Å². The molecule has 0 atom stereocenters. The van der Waals surface area contributed by atoms with E-state index < -0.39 is 0 Å². The van der Waals surface area contributed by atoms with Crippen LogP contribution in [0.15, 0.2) is 194 Å². The number of fused-ring (bicyclic) bond motifs is 10. The van der Waals surface area contributed by atoms with Crippen molar-refractivity contribution in [3.05, 3.63) is 194 Å². The van der Waals surface area contributed by atoms with Crippen molar-refractivity contribution in [2.24, 2.45) is 0 Å². The molecule has 0 aliphatic carbocycles. The number of nitrogens with zero attached hydrogens (tertiary/aromatic N) is 2.